The Hall–Kier alpha value is -3.76. The Balaban J connectivity index is 2.97. The number of rotatable bonds is 18. The highest BCUT2D eigenvalue weighted by Gasteiger charge is 2.32. The molecular weight excluding hydrogens is 500 g/mol. The van der Waals surface area contributed by atoms with Gasteiger partial charge in [0.1, 0.15) is 18.1 Å². The maximum absolute atomic E-state index is 13.0. The molecule has 16 heteroatoms. The number of guanidine groups is 1. The average Bonchev–Trinajstić information content (AvgIpc) is 3.36. The van der Waals surface area contributed by atoms with E-state index in [1.54, 1.807) is 0 Å². The number of imidazole rings is 1. The van der Waals surface area contributed by atoms with Crippen LogP contribution in [0.3, 0.4) is 0 Å². The van der Waals surface area contributed by atoms with Crippen molar-refractivity contribution in [2.45, 2.75) is 75.7 Å². The number of amides is 3. The monoisotopic (exact) mass is 540 g/mol. The van der Waals surface area contributed by atoms with Crippen molar-refractivity contribution < 1.29 is 29.4 Å². The Bertz CT molecular complexity index is 920. The summed E-state index contributed by atoms with van der Waals surface area (Å²) < 4.78 is 0. The summed E-state index contributed by atoms with van der Waals surface area (Å²) >= 11 is 0. The van der Waals surface area contributed by atoms with E-state index < -0.39 is 54.0 Å². The number of carbonyl (C=O) groups is 4. The summed E-state index contributed by atoms with van der Waals surface area (Å²) in [6, 6.07) is -4.89. The zero-order valence-electron chi connectivity index (χ0n) is 21.4. The number of aliphatic carboxylic acids is 1. The molecule has 1 aromatic rings. The predicted octanol–water partition coefficient (Wildman–Crippen LogP) is -3.62. The van der Waals surface area contributed by atoms with Gasteiger partial charge in [0, 0.05) is 24.9 Å². The summed E-state index contributed by atoms with van der Waals surface area (Å²) in [5.41, 5.74) is 22.4. The molecule has 0 fully saturated rings. The number of nitrogens with two attached hydrogens (primary N) is 4. The van der Waals surface area contributed by atoms with Gasteiger partial charge in [-0.2, -0.15) is 0 Å². The van der Waals surface area contributed by atoms with Gasteiger partial charge in [0.15, 0.2) is 5.96 Å². The van der Waals surface area contributed by atoms with Gasteiger partial charge in [0.25, 0.3) is 0 Å². The number of hydrogen-bond acceptors (Lipinski definition) is 9. The Morgan fingerprint density at radius 3 is 2.26 bits per heavy atom. The van der Waals surface area contributed by atoms with Crippen molar-refractivity contribution in [2.24, 2.45) is 27.9 Å². The van der Waals surface area contributed by atoms with Crippen LogP contribution in [0, 0.1) is 0 Å². The second-order valence-corrected chi connectivity index (χ2v) is 8.81. The van der Waals surface area contributed by atoms with Crippen LogP contribution in [0.15, 0.2) is 17.5 Å². The Labute approximate surface area is 220 Å². The summed E-state index contributed by atoms with van der Waals surface area (Å²) in [5, 5.41) is 27.0. The molecule has 0 aliphatic rings. The smallest absolute Gasteiger partial charge is 0.326 e. The number of nitrogens with zero attached hydrogens (tertiary/aromatic N) is 2. The number of aliphatic hydroxyl groups excluding tert-OH is 1. The van der Waals surface area contributed by atoms with Crippen LogP contribution >= 0.6 is 0 Å². The van der Waals surface area contributed by atoms with E-state index in [0.717, 1.165) is 0 Å². The molecule has 3 amide bonds. The molecule has 5 atom stereocenters. The fourth-order valence-corrected chi connectivity index (χ4v) is 3.43. The molecule has 16 nitrogen and oxygen atoms in total. The lowest BCUT2D eigenvalue weighted by Crippen LogP contribution is -2.59. The molecule has 0 aromatic carbocycles. The van der Waals surface area contributed by atoms with Gasteiger partial charge in [-0.1, -0.05) is 6.42 Å². The number of H-pyrrole nitrogens is 1. The van der Waals surface area contributed by atoms with Gasteiger partial charge in [-0.3, -0.25) is 19.4 Å². The molecule has 1 aromatic heterocycles. The molecule has 1 rings (SSSR count). The lowest BCUT2D eigenvalue weighted by molar-refractivity contribution is -0.142. The molecule has 38 heavy (non-hydrogen) atoms. The summed E-state index contributed by atoms with van der Waals surface area (Å²) in [6.45, 7) is 1.89. The summed E-state index contributed by atoms with van der Waals surface area (Å²) in [4.78, 5) is 60.7. The first-order valence-corrected chi connectivity index (χ1v) is 12.3. The molecule has 0 spiro atoms. The molecule has 0 saturated heterocycles. The van der Waals surface area contributed by atoms with Gasteiger partial charge < -0.3 is 54.1 Å². The van der Waals surface area contributed by atoms with E-state index in [9.17, 15) is 29.4 Å². The zero-order valence-corrected chi connectivity index (χ0v) is 21.4. The van der Waals surface area contributed by atoms with E-state index in [4.69, 9.17) is 22.9 Å². The molecule has 214 valence electrons. The van der Waals surface area contributed by atoms with Crippen LogP contribution in [0.2, 0.25) is 0 Å². The van der Waals surface area contributed by atoms with Crippen LogP contribution in [0.5, 0.6) is 0 Å². The number of nitrogens with one attached hydrogen (secondary N) is 4. The van der Waals surface area contributed by atoms with E-state index in [0.29, 0.717) is 31.5 Å². The molecular formula is C22H40N10O6. The van der Waals surface area contributed by atoms with Crippen LogP contribution in [0.1, 0.15) is 44.7 Å². The minimum Gasteiger partial charge on any atom is -0.480 e. The molecule has 1 heterocycles. The second-order valence-electron chi connectivity index (χ2n) is 8.81. The van der Waals surface area contributed by atoms with Gasteiger partial charge in [0.2, 0.25) is 17.7 Å². The van der Waals surface area contributed by atoms with Crippen molar-refractivity contribution in [1.29, 1.82) is 0 Å². The van der Waals surface area contributed by atoms with E-state index in [-0.39, 0.29) is 31.8 Å². The van der Waals surface area contributed by atoms with Crippen LogP contribution in [0.4, 0.5) is 0 Å². The number of aliphatic imine (C=N–C) groups is 1. The van der Waals surface area contributed by atoms with Crippen LogP contribution in [-0.2, 0) is 25.6 Å². The van der Waals surface area contributed by atoms with Gasteiger partial charge >= 0.3 is 5.97 Å². The number of aromatic amines is 1. The first-order chi connectivity index (χ1) is 18.0. The highest BCUT2D eigenvalue weighted by molar-refractivity contribution is 5.94. The van der Waals surface area contributed by atoms with Crippen LogP contribution in [-0.4, -0.2) is 93.2 Å². The van der Waals surface area contributed by atoms with Crippen molar-refractivity contribution in [1.82, 2.24) is 25.9 Å². The number of carbonyl (C=O) groups excluding carboxylic acids is 3. The summed E-state index contributed by atoms with van der Waals surface area (Å²) in [5.74, 6) is -3.74. The summed E-state index contributed by atoms with van der Waals surface area (Å²) in [7, 11) is 0. The third-order valence-electron chi connectivity index (χ3n) is 5.54. The maximum Gasteiger partial charge on any atom is 0.326 e. The fourth-order valence-electron chi connectivity index (χ4n) is 3.43. The second kappa shape index (κ2) is 16.9. The Kier molecular flexibility index (Phi) is 14.3. The number of aliphatic hydroxyl groups is 1. The van der Waals surface area contributed by atoms with Gasteiger partial charge in [0.05, 0.1) is 18.5 Å². The van der Waals surface area contributed by atoms with Crippen LogP contribution in [0.25, 0.3) is 0 Å². The topological polar surface area (TPSA) is 290 Å². The maximum atomic E-state index is 13.0. The van der Waals surface area contributed by atoms with Gasteiger partial charge in [-0.15, -0.1) is 0 Å². The molecule has 5 unspecified atom stereocenters. The van der Waals surface area contributed by atoms with Gasteiger partial charge in [-0.05, 0) is 39.2 Å². The molecule has 0 aliphatic carbocycles. The largest absolute Gasteiger partial charge is 0.480 e. The first-order valence-electron chi connectivity index (χ1n) is 12.3. The van der Waals surface area contributed by atoms with Crippen LogP contribution < -0.4 is 38.9 Å². The molecule has 14 N–H and O–H groups in total. The standard InChI is InChI=1S/C22H40N10O6/c1-12(33)17(32-18(34)14(24)5-2-3-7-23)20(36)30-15(6-4-8-28-22(25)26)19(35)31-16(21(37)38)9-13-10-27-11-29-13/h10-12,14-17,33H,2-9,23-24H2,1H3,(H,27,29)(H,30,36)(H,31,35)(H,32,34)(H,37,38)(H4,25,26,28). The van der Waals surface area contributed by atoms with E-state index >= 15 is 0 Å². The third kappa shape index (κ3) is 12.0. The highest BCUT2D eigenvalue weighted by Crippen LogP contribution is 2.06. The van der Waals surface area contributed by atoms with E-state index in [1.165, 1.54) is 19.4 Å². The lowest BCUT2D eigenvalue weighted by Gasteiger charge is -2.26. The van der Waals surface area contributed by atoms with Crippen molar-refractivity contribution in [3.8, 4) is 0 Å². The highest BCUT2D eigenvalue weighted by atomic mass is 16.4. The fraction of sp³-hybridized carbons (Fsp3) is 0.636. The normalized spacial score (nSPS) is 14.8. The lowest BCUT2D eigenvalue weighted by atomic mass is 10.1. The quantitative estimate of drug-likeness (QED) is 0.0492. The number of carboxylic acid groups (broad SMARTS) is 1. The molecule has 0 bridgehead atoms. The predicted molar refractivity (Wildman–Crippen MR) is 138 cm³/mol. The summed E-state index contributed by atoms with van der Waals surface area (Å²) in [6.07, 6.45) is 3.30. The number of unbranched alkanes of at least 4 members (excludes halogenated alkanes) is 1. The minimum atomic E-state index is -1.42. The zero-order chi connectivity index (χ0) is 28.7. The number of carboxylic acids is 1. The van der Waals surface area contributed by atoms with E-state index in [1.807, 2.05) is 0 Å². The molecule has 0 aliphatic heterocycles. The average molecular weight is 541 g/mol. The number of hydrogen-bond donors (Lipinski definition) is 10. The number of aromatic nitrogens is 2. The molecule has 0 saturated carbocycles. The Morgan fingerprint density at radius 2 is 1.71 bits per heavy atom. The van der Waals surface area contributed by atoms with Crippen molar-refractivity contribution in [3.05, 3.63) is 18.2 Å². The van der Waals surface area contributed by atoms with E-state index in [2.05, 4.69) is 30.9 Å². The van der Waals surface area contributed by atoms with Crippen molar-refractivity contribution in [3.63, 3.8) is 0 Å². The van der Waals surface area contributed by atoms with Crippen molar-refractivity contribution >= 4 is 29.7 Å². The third-order valence-corrected chi connectivity index (χ3v) is 5.54. The SMILES string of the molecule is CC(O)C(NC(=O)C(N)CCCCN)C(=O)NC(CCCN=C(N)N)C(=O)NC(Cc1cnc[nH]1)C(=O)O. The molecule has 0 radical (unpaired) electrons. The minimum absolute atomic E-state index is 0.0316. The van der Waals surface area contributed by atoms with Gasteiger partial charge in [-0.25, -0.2) is 9.78 Å². The first kappa shape index (κ1) is 32.3. The van der Waals surface area contributed by atoms with Crippen molar-refractivity contribution in [2.75, 3.05) is 13.1 Å². The Morgan fingerprint density at radius 1 is 1.03 bits per heavy atom.